The Hall–Kier alpha value is -1.35. The van der Waals surface area contributed by atoms with Gasteiger partial charge in [0.2, 0.25) is 5.91 Å². The predicted molar refractivity (Wildman–Crippen MR) is 69.1 cm³/mol. The Kier molecular flexibility index (Phi) is 3.33. The maximum atomic E-state index is 11.7. The monoisotopic (exact) mass is 245 g/mol. The van der Waals surface area contributed by atoms with Crippen LogP contribution in [0.4, 0.5) is 0 Å². The van der Waals surface area contributed by atoms with Gasteiger partial charge in [-0.05, 0) is 24.0 Å². The summed E-state index contributed by atoms with van der Waals surface area (Å²) in [5.74, 6) is 0.476. The van der Waals surface area contributed by atoms with Crippen LogP contribution >= 0.6 is 0 Å². The van der Waals surface area contributed by atoms with Gasteiger partial charge in [0.25, 0.3) is 0 Å². The average molecular weight is 245 g/mol. The highest BCUT2D eigenvalue weighted by atomic mass is 16.5. The SMILES string of the molecule is O=C(NCC1Cc2ccccc2CO1)C1CCC1. The summed E-state index contributed by atoms with van der Waals surface area (Å²) in [4.78, 5) is 11.7. The molecule has 1 aromatic carbocycles. The molecule has 0 bridgehead atoms. The zero-order chi connectivity index (χ0) is 12.4. The predicted octanol–water partition coefficient (Wildman–Crippen LogP) is 2.04. The van der Waals surface area contributed by atoms with E-state index < -0.39 is 0 Å². The summed E-state index contributed by atoms with van der Waals surface area (Å²) >= 11 is 0. The molecule has 3 heteroatoms. The maximum absolute atomic E-state index is 11.7. The molecule has 0 spiro atoms. The van der Waals surface area contributed by atoms with Gasteiger partial charge < -0.3 is 10.1 Å². The van der Waals surface area contributed by atoms with Gasteiger partial charge in [0.05, 0.1) is 12.7 Å². The highest BCUT2D eigenvalue weighted by molar-refractivity contribution is 5.79. The second kappa shape index (κ2) is 5.11. The molecule has 1 saturated carbocycles. The molecule has 18 heavy (non-hydrogen) atoms. The van der Waals surface area contributed by atoms with Crippen LogP contribution in [0.3, 0.4) is 0 Å². The average Bonchev–Trinajstić information content (AvgIpc) is 2.34. The second-order valence-corrected chi connectivity index (χ2v) is 5.28. The smallest absolute Gasteiger partial charge is 0.223 e. The Balaban J connectivity index is 1.51. The molecular formula is C15H19NO2. The fraction of sp³-hybridized carbons (Fsp3) is 0.533. The minimum Gasteiger partial charge on any atom is -0.371 e. The zero-order valence-electron chi connectivity index (χ0n) is 10.5. The van der Waals surface area contributed by atoms with E-state index in [-0.39, 0.29) is 17.9 Å². The molecule has 0 aromatic heterocycles. The van der Waals surface area contributed by atoms with Crippen molar-refractivity contribution >= 4 is 5.91 Å². The van der Waals surface area contributed by atoms with Gasteiger partial charge in [0, 0.05) is 18.9 Å². The number of rotatable bonds is 3. The van der Waals surface area contributed by atoms with Crippen molar-refractivity contribution in [1.29, 1.82) is 0 Å². The van der Waals surface area contributed by atoms with Crippen molar-refractivity contribution < 1.29 is 9.53 Å². The second-order valence-electron chi connectivity index (χ2n) is 5.28. The summed E-state index contributed by atoms with van der Waals surface area (Å²) in [7, 11) is 0. The number of amides is 1. The first kappa shape index (κ1) is 11.7. The third-order valence-corrected chi connectivity index (χ3v) is 4.02. The molecule has 0 radical (unpaired) electrons. The van der Waals surface area contributed by atoms with Gasteiger partial charge in [0.1, 0.15) is 0 Å². The van der Waals surface area contributed by atoms with Crippen LogP contribution in [0.25, 0.3) is 0 Å². The van der Waals surface area contributed by atoms with Crippen LogP contribution < -0.4 is 5.32 Å². The van der Waals surface area contributed by atoms with E-state index in [1.807, 2.05) is 6.07 Å². The van der Waals surface area contributed by atoms with Gasteiger partial charge >= 0.3 is 0 Å². The van der Waals surface area contributed by atoms with Crippen LogP contribution in [0.15, 0.2) is 24.3 Å². The lowest BCUT2D eigenvalue weighted by Crippen LogP contribution is -2.41. The molecule has 96 valence electrons. The summed E-state index contributed by atoms with van der Waals surface area (Å²) in [6, 6.07) is 8.37. The van der Waals surface area contributed by atoms with E-state index in [0.717, 1.165) is 19.3 Å². The van der Waals surface area contributed by atoms with E-state index in [1.54, 1.807) is 0 Å². The van der Waals surface area contributed by atoms with E-state index in [1.165, 1.54) is 17.5 Å². The highest BCUT2D eigenvalue weighted by Gasteiger charge is 2.26. The topological polar surface area (TPSA) is 38.3 Å². The molecule has 1 aromatic rings. The number of hydrogen-bond acceptors (Lipinski definition) is 2. The summed E-state index contributed by atoms with van der Waals surface area (Å²) in [5.41, 5.74) is 2.63. The van der Waals surface area contributed by atoms with Crippen LogP contribution in [0.2, 0.25) is 0 Å². The fourth-order valence-corrected chi connectivity index (χ4v) is 2.57. The maximum Gasteiger partial charge on any atom is 0.223 e. The van der Waals surface area contributed by atoms with E-state index in [4.69, 9.17) is 4.74 Å². The fourth-order valence-electron chi connectivity index (χ4n) is 2.57. The van der Waals surface area contributed by atoms with E-state index >= 15 is 0 Å². The number of ether oxygens (including phenoxy) is 1. The molecular weight excluding hydrogens is 226 g/mol. The lowest BCUT2D eigenvalue weighted by Gasteiger charge is -2.28. The first-order valence-electron chi connectivity index (χ1n) is 6.79. The van der Waals surface area contributed by atoms with E-state index in [9.17, 15) is 4.79 Å². The lowest BCUT2D eigenvalue weighted by atomic mass is 9.85. The van der Waals surface area contributed by atoms with Crippen LogP contribution in [0.5, 0.6) is 0 Å². The van der Waals surface area contributed by atoms with Crippen molar-refractivity contribution in [3.05, 3.63) is 35.4 Å². The van der Waals surface area contributed by atoms with Crippen molar-refractivity contribution in [1.82, 2.24) is 5.32 Å². The van der Waals surface area contributed by atoms with Crippen molar-refractivity contribution in [2.45, 2.75) is 38.4 Å². The number of carbonyl (C=O) groups is 1. The van der Waals surface area contributed by atoms with Gasteiger partial charge in [-0.25, -0.2) is 0 Å². The van der Waals surface area contributed by atoms with Gasteiger partial charge in [-0.2, -0.15) is 0 Å². The highest BCUT2D eigenvalue weighted by Crippen LogP contribution is 2.26. The van der Waals surface area contributed by atoms with Crippen LogP contribution in [0, 0.1) is 5.92 Å². The van der Waals surface area contributed by atoms with Crippen LogP contribution in [-0.2, 0) is 22.6 Å². The summed E-state index contributed by atoms with van der Waals surface area (Å²) < 4.78 is 5.77. The van der Waals surface area contributed by atoms with E-state index in [2.05, 4.69) is 23.5 Å². The number of carbonyl (C=O) groups excluding carboxylic acids is 1. The van der Waals surface area contributed by atoms with Crippen LogP contribution in [-0.4, -0.2) is 18.6 Å². The molecule has 3 rings (SSSR count). The Labute approximate surface area is 108 Å². The Morgan fingerprint density at radius 1 is 1.28 bits per heavy atom. The largest absolute Gasteiger partial charge is 0.371 e. The molecule has 0 saturated heterocycles. The van der Waals surface area contributed by atoms with Crippen molar-refractivity contribution in [2.24, 2.45) is 5.92 Å². The Morgan fingerprint density at radius 2 is 2.06 bits per heavy atom. The van der Waals surface area contributed by atoms with Crippen molar-refractivity contribution in [3.63, 3.8) is 0 Å². The van der Waals surface area contributed by atoms with Gasteiger partial charge in [0.15, 0.2) is 0 Å². The third kappa shape index (κ3) is 2.41. The first-order chi connectivity index (χ1) is 8.83. The Morgan fingerprint density at radius 3 is 2.78 bits per heavy atom. The first-order valence-corrected chi connectivity index (χ1v) is 6.79. The molecule has 2 aliphatic rings. The molecule has 1 aliphatic carbocycles. The lowest BCUT2D eigenvalue weighted by molar-refractivity contribution is -0.128. The van der Waals surface area contributed by atoms with Gasteiger partial charge in [-0.15, -0.1) is 0 Å². The summed E-state index contributed by atoms with van der Waals surface area (Å²) in [6.07, 6.45) is 4.34. The molecule has 3 nitrogen and oxygen atoms in total. The summed E-state index contributed by atoms with van der Waals surface area (Å²) in [6.45, 7) is 1.31. The number of nitrogens with one attached hydrogen (secondary N) is 1. The molecule has 1 N–H and O–H groups in total. The zero-order valence-corrected chi connectivity index (χ0v) is 10.5. The normalized spacial score (nSPS) is 23.0. The van der Waals surface area contributed by atoms with E-state index in [0.29, 0.717) is 13.2 Å². The minimum atomic E-state index is 0.129. The Bertz CT molecular complexity index is 440. The minimum absolute atomic E-state index is 0.129. The molecule has 1 heterocycles. The number of hydrogen-bond donors (Lipinski definition) is 1. The van der Waals surface area contributed by atoms with Crippen LogP contribution in [0.1, 0.15) is 30.4 Å². The molecule has 1 atom stereocenters. The quantitative estimate of drug-likeness (QED) is 0.885. The molecule has 1 unspecified atom stereocenters. The van der Waals surface area contributed by atoms with Crippen molar-refractivity contribution in [3.8, 4) is 0 Å². The number of fused-ring (bicyclic) bond motifs is 1. The number of benzene rings is 1. The van der Waals surface area contributed by atoms with Crippen molar-refractivity contribution in [2.75, 3.05) is 6.54 Å². The van der Waals surface area contributed by atoms with Gasteiger partial charge in [-0.1, -0.05) is 30.7 Å². The molecule has 1 aliphatic heterocycles. The third-order valence-electron chi connectivity index (χ3n) is 4.02. The standard InChI is InChI=1S/C15H19NO2/c17-15(11-6-3-7-11)16-9-14-8-12-4-1-2-5-13(12)10-18-14/h1-2,4-5,11,14H,3,6-10H2,(H,16,17). The van der Waals surface area contributed by atoms with Gasteiger partial charge in [-0.3, -0.25) is 4.79 Å². The summed E-state index contributed by atoms with van der Waals surface area (Å²) in [5, 5.41) is 3.02. The molecule has 1 fully saturated rings. The molecule has 1 amide bonds.